The Morgan fingerprint density at radius 2 is 2.30 bits per heavy atom. The number of nitrogens with zero attached hydrogens (tertiary/aromatic N) is 3. The summed E-state index contributed by atoms with van der Waals surface area (Å²) in [6, 6.07) is 8.03. The molecule has 0 spiro atoms. The second kappa shape index (κ2) is 4.94. The Hall–Kier alpha value is -2.39. The van der Waals surface area contributed by atoms with Crippen molar-refractivity contribution < 1.29 is 0 Å². The van der Waals surface area contributed by atoms with Crippen LogP contribution in [0.5, 0.6) is 0 Å². The lowest BCUT2D eigenvalue weighted by Gasteiger charge is -2.04. The number of hydrogen-bond donors (Lipinski definition) is 2. The first-order chi connectivity index (χ1) is 9.69. The summed E-state index contributed by atoms with van der Waals surface area (Å²) < 4.78 is 5.26. The van der Waals surface area contributed by atoms with E-state index >= 15 is 0 Å². The van der Waals surface area contributed by atoms with Crippen molar-refractivity contribution in [1.82, 2.24) is 14.5 Å². The summed E-state index contributed by atoms with van der Waals surface area (Å²) >= 11 is 1.46. The molecule has 3 aromatic rings. The number of aryl methyl sites for hydroxylation is 2. The minimum absolute atomic E-state index is 0.655. The molecular weight excluding hydrogens is 270 g/mol. The molecule has 0 aliphatic carbocycles. The van der Waals surface area contributed by atoms with Gasteiger partial charge in [0.15, 0.2) is 0 Å². The highest BCUT2D eigenvalue weighted by molar-refractivity contribution is 8.00. The number of hydrogen-bond acceptors (Lipinski definition) is 4. The molecule has 2 aromatic heterocycles. The maximum absolute atomic E-state index is 9.05. The number of fused-ring (bicyclic) bond motifs is 1. The number of para-hydroxylation sites is 1. The van der Waals surface area contributed by atoms with E-state index in [0.29, 0.717) is 5.56 Å². The normalized spacial score (nSPS) is 10.7. The van der Waals surface area contributed by atoms with Crippen molar-refractivity contribution in [2.75, 3.05) is 4.72 Å². The minimum atomic E-state index is 0.655. The fourth-order valence-corrected chi connectivity index (χ4v) is 2.79. The van der Waals surface area contributed by atoms with Gasteiger partial charge in [0.25, 0.3) is 0 Å². The zero-order chi connectivity index (χ0) is 14.1. The first-order valence-corrected chi connectivity index (χ1v) is 6.93. The SMILES string of the molecule is Cc1nc(SNc2cccc3c(C#N)c[nH]c23)cn1C. The first-order valence-electron chi connectivity index (χ1n) is 6.12. The van der Waals surface area contributed by atoms with E-state index < -0.39 is 0 Å². The van der Waals surface area contributed by atoms with Gasteiger partial charge < -0.3 is 14.3 Å². The lowest BCUT2D eigenvalue weighted by Crippen LogP contribution is -1.88. The Kier molecular flexibility index (Phi) is 3.12. The predicted octanol–water partition coefficient (Wildman–Crippen LogP) is 3.20. The van der Waals surface area contributed by atoms with Crippen LogP contribution in [0.1, 0.15) is 11.4 Å². The summed E-state index contributed by atoms with van der Waals surface area (Å²) in [5.74, 6) is 0.971. The standard InChI is InChI=1S/C14H13N5S/c1-9-17-13(8-19(9)2)20-18-12-5-3-4-11-10(6-15)7-16-14(11)12/h3-5,7-8,16,18H,1-2H3. The number of aromatic amines is 1. The molecule has 5 nitrogen and oxygen atoms in total. The molecule has 0 amide bonds. The van der Waals surface area contributed by atoms with Crippen LogP contribution < -0.4 is 4.72 Å². The predicted molar refractivity (Wildman–Crippen MR) is 80.4 cm³/mol. The Labute approximate surface area is 120 Å². The van der Waals surface area contributed by atoms with Crippen LogP contribution in [0.25, 0.3) is 10.9 Å². The summed E-state index contributed by atoms with van der Waals surface area (Å²) in [6.45, 7) is 1.97. The van der Waals surface area contributed by atoms with E-state index in [9.17, 15) is 0 Å². The van der Waals surface area contributed by atoms with E-state index in [0.717, 1.165) is 27.4 Å². The van der Waals surface area contributed by atoms with Crippen molar-refractivity contribution in [3.8, 4) is 6.07 Å². The number of imidazole rings is 1. The molecule has 0 saturated heterocycles. The van der Waals surface area contributed by atoms with Gasteiger partial charge in [-0.1, -0.05) is 12.1 Å². The molecule has 0 fully saturated rings. The van der Waals surface area contributed by atoms with Gasteiger partial charge in [-0.15, -0.1) is 0 Å². The number of anilines is 1. The zero-order valence-corrected chi connectivity index (χ0v) is 12.0. The fourth-order valence-electron chi connectivity index (χ4n) is 2.01. The van der Waals surface area contributed by atoms with E-state index in [1.54, 1.807) is 6.20 Å². The molecule has 0 radical (unpaired) electrons. The van der Waals surface area contributed by atoms with Crippen molar-refractivity contribution >= 4 is 28.5 Å². The van der Waals surface area contributed by atoms with Crippen LogP contribution in [0.15, 0.2) is 35.6 Å². The molecule has 0 aliphatic rings. The van der Waals surface area contributed by atoms with Crippen LogP contribution in [0.3, 0.4) is 0 Å². The highest BCUT2D eigenvalue weighted by Crippen LogP contribution is 2.28. The van der Waals surface area contributed by atoms with Crippen LogP contribution in [0.2, 0.25) is 0 Å². The quantitative estimate of drug-likeness (QED) is 0.724. The van der Waals surface area contributed by atoms with E-state index in [2.05, 4.69) is 20.8 Å². The summed E-state index contributed by atoms with van der Waals surface area (Å²) in [5.41, 5.74) is 2.53. The molecule has 0 bridgehead atoms. The van der Waals surface area contributed by atoms with Crippen LogP contribution in [-0.2, 0) is 7.05 Å². The number of nitriles is 1. The van der Waals surface area contributed by atoms with Gasteiger partial charge in [0.1, 0.15) is 16.9 Å². The highest BCUT2D eigenvalue weighted by Gasteiger charge is 2.08. The Morgan fingerprint density at radius 1 is 1.45 bits per heavy atom. The average Bonchev–Trinajstić information content (AvgIpc) is 3.00. The van der Waals surface area contributed by atoms with Crippen molar-refractivity contribution in [1.29, 1.82) is 5.26 Å². The summed E-state index contributed by atoms with van der Waals surface area (Å²) in [5, 5.41) is 10.9. The van der Waals surface area contributed by atoms with Crippen LogP contribution >= 0.6 is 11.9 Å². The van der Waals surface area contributed by atoms with Crippen molar-refractivity contribution in [2.45, 2.75) is 11.9 Å². The molecule has 2 heterocycles. The third kappa shape index (κ3) is 2.12. The van der Waals surface area contributed by atoms with E-state index in [4.69, 9.17) is 5.26 Å². The third-order valence-corrected chi connectivity index (χ3v) is 3.92. The molecule has 0 atom stereocenters. The summed E-state index contributed by atoms with van der Waals surface area (Å²) in [6.07, 6.45) is 3.70. The fraction of sp³-hybridized carbons (Fsp3) is 0.143. The lowest BCUT2D eigenvalue weighted by atomic mass is 10.2. The minimum Gasteiger partial charge on any atom is -0.358 e. The molecule has 20 heavy (non-hydrogen) atoms. The number of rotatable bonds is 3. The lowest BCUT2D eigenvalue weighted by molar-refractivity contribution is 0.858. The van der Waals surface area contributed by atoms with Gasteiger partial charge in [-0.05, 0) is 13.0 Å². The molecule has 0 saturated carbocycles. The van der Waals surface area contributed by atoms with E-state index in [-0.39, 0.29) is 0 Å². The monoisotopic (exact) mass is 283 g/mol. The molecule has 6 heteroatoms. The maximum Gasteiger partial charge on any atom is 0.135 e. The van der Waals surface area contributed by atoms with Gasteiger partial charge in [0.2, 0.25) is 0 Å². The molecule has 1 aromatic carbocycles. The maximum atomic E-state index is 9.05. The summed E-state index contributed by atoms with van der Waals surface area (Å²) in [4.78, 5) is 7.56. The van der Waals surface area contributed by atoms with Gasteiger partial charge in [-0.2, -0.15) is 5.26 Å². The van der Waals surface area contributed by atoms with Crippen molar-refractivity contribution in [3.05, 3.63) is 42.0 Å². The van der Waals surface area contributed by atoms with Crippen molar-refractivity contribution in [2.24, 2.45) is 7.05 Å². The summed E-state index contributed by atoms with van der Waals surface area (Å²) in [7, 11) is 1.97. The van der Waals surface area contributed by atoms with Crippen molar-refractivity contribution in [3.63, 3.8) is 0 Å². The van der Waals surface area contributed by atoms with E-state index in [1.807, 2.05) is 42.9 Å². The van der Waals surface area contributed by atoms with Gasteiger partial charge in [0, 0.05) is 36.8 Å². The van der Waals surface area contributed by atoms with E-state index in [1.165, 1.54) is 11.9 Å². The third-order valence-electron chi connectivity index (χ3n) is 3.19. The van der Waals surface area contributed by atoms with Gasteiger partial charge in [0.05, 0.1) is 16.8 Å². The molecular formula is C14H13N5S. The Balaban J connectivity index is 1.88. The first kappa shape index (κ1) is 12.6. The molecule has 0 unspecified atom stereocenters. The Bertz CT molecular complexity index is 789. The molecule has 2 N–H and O–H groups in total. The molecule has 100 valence electrons. The smallest absolute Gasteiger partial charge is 0.135 e. The number of H-pyrrole nitrogens is 1. The Morgan fingerprint density at radius 3 is 3.00 bits per heavy atom. The zero-order valence-electron chi connectivity index (χ0n) is 11.1. The second-order valence-electron chi connectivity index (χ2n) is 4.48. The number of aromatic nitrogens is 3. The molecule has 3 rings (SSSR count). The van der Waals surface area contributed by atoms with Gasteiger partial charge >= 0.3 is 0 Å². The van der Waals surface area contributed by atoms with Gasteiger partial charge in [-0.25, -0.2) is 4.98 Å². The molecule has 0 aliphatic heterocycles. The van der Waals surface area contributed by atoms with Crippen LogP contribution in [0.4, 0.5) is 5.69 Å². The number of benzene rings is 1. The largest absolute Gasteiger partial charge is 0.358 e. The number of nitrogens with one attached hydrogen (secondary N) is 2. The van der Waals surface area contributed by atoms with Gasteiger partial charge in [-0.3, -0.25) is 0 Å². The highest BCUT2D eigenvalue weighted by atomic mass is 32.2. The average molecular weight is 283 g/mol. The topological polar surface area (TPSA) is 69.4 Å². The second-order valence-corrected chi connectivity index (χ2v) is 5.31. The van der Waals surface area contributed by atoms with Crippen LogP contribution in [0, 0.1) is 18.3 Å². The van der Waals surface area contributed by atoms with Crippen LogP contribution in [-0.4, -0.2) is 14.5 Å².